The van der Waals surface area contributed by atoms with Gasteiger partial charge in [-0.1, -0.05) is 0 Å². The Morgan fingerprint density at radius 3 is 2.94 bits per heavy atom. The lowest BCUT2D eigenvalue weighted by Gasteiger charge is -2.40. The van der Waals surface area contributed by atoms with Crippen molar-refractivity contribution in [1.29, 1.82) is 0 Å². The van der Waals surface area contributed by atoms with Crippen LogP contribution in [0, 0.1) is 0 Å². The Balaban J connectivity index is 2.18. The lowest BCUT2D eigenvalue weighted by Crippen LogP contribution is -2.37. The van der Waals surface area contributed by atoms with Gasteiger partial charge < -0.3 is 15.5 Å². The Morgan fingerprint density at radius 1 is 1.31 bits per heavy atom. The number of hydrogen-bond donors (Lipinski definition) is 1. The molecule has 0 fully saturated rings. The highest BCUT2D eigenvalue weighted by Gasteiger charge is 2.30. The summed E-state index contributed by atoms with van der Waals surface area (Å²) in [6.45, 7) is 3.38. The molecule has 3 rings (SSSR count). The molecular formula is C13H19N3. The van der Waals surface area contributed by atoms with Gasteiger partial charge in [0.05, 0.1) is 0 Å². The third-order valence-corrected chi connectivity index (χ3v) is 3.87. The molecule has 0 bridgehead atoms. The van der Waals surface area contributed by atoms with Gasteiger partial charge in [-0.05, 0) is 36.7 Å². The summed E-state index contributed by atoms with van der Waals surface area (Å²) in [5, 5.41) is 0. The number of benzene rings is 1. The van der Waals surface area contributed by atoms with Gasteiger partial charge in [0.1, 0.15) is 0 Å². The molecule has 2 N–H and O–H groups in total. The summed E-state index contributed by atoms with van der Waals surface area (Å²) in [6.07, 6.45) is 1.27. The molecule has 3 nitrogen and oxygen atoms in total. The Hall–Kier alpha value is -1.22. The van der Waals surface area contributed by atoms with Gasteiger partial charge in [0, 0.05) is 44.0 Å². The van der Waals surface area contributed by atoms with Gasteiger partial charge in [0.15, 0.2) is 0 Å². The first kappa shape index (κ1) is 9.97. The van der Waals surface area contributed by atoms with Gasteiger partial charge >= 0.3 is 0 Å². The lowest BCUT2D eigenvalue weighted by molar-refractivity contribution is 0.272. The fourth-order valence-electron chi connectivity index (χ4n) is 3.17. The minimum atomic E-state index is 0.709. The smallest absolute Gasteiger partial charge is 0.0423 e. The Labute approximate surface area is 96.8 Å². The van der Waals surface area contributed by atoms with Crippen LogP contribution in [0.15, 0.2) is 12.1 Å². The molecule has 0 saturated heterocycles. The van der Waals surface area contributed by atoms with E-state index in [0.29, 0.717) is 5.92 Å². The van der Waals surface area contributed by atoms with Crippen LogP contribution in [-0.2, 0) is 6.54 Å². The highest BCUT2D eigenvalue weighted by molar-refractivity contribution is 5.67. The maximum Gasteiger partial charge on any atom is 0.0423 e. The van der Waals surface area contributed by atoms with Gasteiger partial charge in [0.2, 0.25) is 0 Å². The summed E-state index contributed by atoms with van der Waals surface area (Å²) < 4.78 is 0. The predicted octanol–water partition coefficient (Wildman–Crippen LogP) is 1.64. The molecule has 1 atom stereocenters. The van der Waals surface area contributed by atoms with Crippen molar-refractivity contribution in [3.05, 3.63) is 23.3 Å². The first-order chi connectivity index (χ1) is 7.65. The molecule has 0 aliphatic carbocycles. The van der Waals surface area contributed by atoms with Crippen LogP contribution in [0.1, 0.15) is 23.5 Å². The fourth-order valence-corrected chi connectivity index (χ4v) is 3.17. The van der Waals surface area contributed by atoms with E-state index in [1.54, 1.807) is 5.56 Å². The van der Waals surface area contributed by atoms with Gasteiger partial charge in [-0.2, -0.15) is 0 Å². The van der Waals surface area contributed by atoms with Gasteiger partial charge in [0.25, 0.3) is 0 Å². The summed E-state index contributed by atoms with van der Waals surface area (Å²) in [6, 6.07) is 4.29. The van der Waals surface area contributed by atoms with E-state index in [1.165, 1.54) is 24.2 Å². The number of hydrogen-bond acceptors (Lipinski definition) is 3. The zero-order valence-electron chi connectivity index (χ0n) is 10.0. The molecule has 3 heteroatoms. The Morgan fingerprint density at radius 2 is 2.12 bits per heavy atom. The molecule has 1 aromatic carbocycles. The summed E-state index contributed by atoms with van der Waals surface area (Å²) >= 11 is 0. The van der Waals surface area contributed by atoms with Crippen LogP contribution >= 0.6 is 0 Å². The minimum Gasteiger partial charge on any atom is -0.399 e. The monoisotopic (exact) mass is 217 g/mol. The van der Waals surface area contributed by atoms with Crippen molar-refractivity contribution < 1.29 is 0 Å². The van der Waals surface area contributed by atoms with E-state index < -0.39 is 0 Å². The lowest BCUT2D eigenvalue weighted by atomic mass is 9.83. The molecule has 2 aliphatic heterocycles. The summed E-state index contributed by atoms with van der Waals surface area (Å²) in [4.78, 5) is 4.75. The fraction of sp³-hybridized carbons (Fsp3) is 0.538. The summed E-state index contributed by atoms with van der Waals surface area (Å²) in [5.41, 5.74) is 11.2. The third kappa shape index (κ3) is 1.39. The van der Waals surface area contributed by atoms with Gasteiger partial charge in [-0.25, -0.2) is 0 Å². The quantitative estimate of drug-likeness (QED) is 0.671. The zero-order chi connectivity index (χ0) is 11.3. The standard InChI is InChI=1S/C13H19N3/c1-15-7-9-3-4-16(2)12-6-11(14)5-10(8-15)13(9)12/h5-6,9H,3-4,7-8,14H2,1-2H3. The van der Waals surface area contributed by atoms with Crippen LogP contribution in [0.2, 0.25) is 0 Å². The molecule has 2 heterocycles. The summed E-state index contributed by atoms with van der Waals surface area (Å²) in [5.74, 6) is 0.709. The first-order valence-corrected chi connectivity index (χ1v) is 5.97. The number of likely N-dealkylation sites (N-methyl/N-ethyl adjacent to an activating group) is 1. The molecule has 86 valence electrons. The van der Waals surface area contributed by atoms with Crippen molar-refractivity contribution in [1.82, 2.24) is 4.90 Å². The first-order valence-electron chi connectivity index (χ1n) is 5.97. The highest BCUT2D eigenvalue weighted by atomic mass is 15.1. The topological polar surface area (TPSA) is 32.5 Å². The maximum atomic E-state index is 5.99. The van der Waals surface area contributed by atoms with E-state index in [0.717, 1.165) is 18.8 Å². The van der Waals surface area contributed by atoms with E-state index in [4.69, 9.17) is 5.73 Å². The number of anilines is 2. The van der Waals surface area contributed by atoms with Crippen molar-refractivity contribution in [3.8, 4) is 0 Å². The van der Waals surface area contributed by atoms with E-state index >= 15 is 0 Å². The van der Waals surface area contributed by atoms with Crippen molar-refractivity contribution in [2.24, 2.45) is 0 Å². The molecule has 1 unspecified atom stereocenters. The Bertz CT molecular complexity index is 427. The second-order valence-corrected chi connectivity index (χ2v) is 5.22. The van der Waals surface area contributed by atoms with Crippen LogP contribution in [0.3, 0.4) is 0 Å². The third-order valence-electron chi connectivity index (χ3n) is 3.87. The second-order valence-electron chi connectivity index (χ2n) is 5.22. The molecule has 16 heavy (non-hydrogen) atoms. The largest absolute Gasteiger partial charge is 0.399 e. The highest BCUT2D eigenvalue weighted by Crippen LogP contribution is 2.41. The molecule has 0 amide bonds. The van der Waals surface area contributed by atoms with Crippen molar-refractivity contribution in [2.75, 3.05) is 37.8 Å². The summed E-state index contributed by atoms with van der Waals surface area (Å²) in [7, 11) is 4.37. The van der Waals surface area contributed by atoms with Crippen LogP contribution in [0.25, 0.3) is 0 Å². The average Bonchev–Trinajstić information content (AvgIpc) is 2.22. The minimum absolute atomic E-state index is 0.709. The van der Waals surface area contributed by atoms with Crippen LogP contribution in [0.4, 0.5) is 11.4 Å². The number of rotatable bonds is 0. The van der Waals surface area contributed by atoms with E-state index in [9.17, 15) is 0 Å². The molecule has 0 saturated carbocycles. The maximum absolute atomic E-state index is 5.99. The molecule has 0 aromatic heterocycles. The molecule has 0 radical (unpaired) electrons. The van der Waals surface area contributed by atoms with Crippen molar-refractivity contribution in [3.63, 3.8) is 0 Å². The van der Waals surface area contributed by atoms with E-state index in [1.807, 2.05) is 0 Å². The van der Waals surface area contributed by atoms with Crippen LogP contribution in [-0.4, -0.2) is 32.1 Å². The molecule has 1 aromatic rings. The van der Waals surface area contributed by atoms with Crippen molar-refractivity contribution in [2.45, 2.75) is 18.9 Å². The average molecular weight is 217 g/mol. The van der Waals surface area contributed by atoms with E-state index in [-0.39, 0.29) is 0 Å². The normalized spacial score (nSPS) is 24.4. The zero-order valence-corrected chi connectivity index (χ0v) is 10.0. The Kier molecular flexibility index (Phi) is 2.11. The number of nitrogens with zero attached hydrogens (tertiary/aromatic N) is 2. The number of nitrogens with two attached hydrogens (primary N) is 1. The van der Waals surface area contributed by atoms with Gasteiger partial charge in [-0.15, -0.1) is 0 Å². The molecule has 2 aliphatic rings. The SMILES string of the molecule is CN1Cc2cc(N)cc3c2C(CCN3C)C1. The second kappa shape index (κ2) is 3.39. The molecular weight excluding hydrogens is 198 g/mol. The number of nitrogen functional groups attached to an aromatic ring is 1. The van der Waals surface area contributed by atoms with E-state index in [2.05, 4.69) is 36.0 Å². The van der Waals surface area contributed by atoms with Crippen molar-refractivity contribution >= 4 is 11.4 Å². The van der Waals surface area contributed by atoms with Crippen LogP contribution < -0.4 is 10.6 Å². The van der Waals surface area contributed by atoms with Gasteiger partial charge in [-0.3, -0.25) is 0 Å². The van der Waals surface area contributed by atoms with Crippen LogP contribution in [0.5, 0.6) is 0 Å². The predicted molar refractivity (Wildman–Crippen MR) is 67.8 cm³/mol. The molecule has 0 spiro atoms.